The highest BCUT2D eigenvalue weighted by Crippen LogP contribution is 2.48. The summed E-state index contributed by atoms with van der Waals surface area (Å²) in [6.07, 6.45) is 2.50. The zero-order valence-electron chi connectivity index (χ0n) is 14.8. The van der Waals surface area contributed by atoms with Crippen molar-refractivity contribution in [2.24, 2.45) is 0 Å². The van der Waals surface area contributed by atoms with Crippen molar-refractivity contribution >= 4 is 16.9 Å². The first kappa shape index (κ1) is 16.8. The molecule has 0 spiro atoms. The van der Waals surface area contributed by atoms with Crippen LogP contribution >= 0.6 is 0 Å². The van der Waals surface area contributed by atoms with Crippen molar-refractivity contribution in [1.29, 1.82) is 0 Å². The van der Waals surface area contributed by atoms with Crippen molar-refractivity contribution in [1.82, 2.24) is 14.9 Å². The van der Waals surface area contributed by atoms with Gasteiger partial charge in [-0.1, -0.05) is 24.3 Å². The molecule has 0 bridgehead atoms. The first-order chi connectivity index (χ1) is 12.6. The van der Waals surface area contributed by atoms with Gasteiger partial charge in [0.15, 0.2) is 0 Å². The van der Waals surface area contributed by atoms with Crippen LogP contribution < -0.4 is 5.32 Å². The summed E-state index contributed by atoms with van der Waals surface area (Å²) < 4.78 is 15.3. The average molecular weight is 351 g/mol. The third-order valence-corrected chi connectivity index (χ3v) is 5.27. The fraction of sp³-hybridized carbons (Fsp3) is 0.333. The molecule has 4 nitrogen and oxygen atoms in total. The van der Waals surface area contributed by atoms with E-state index in [0.717, 1.165) is 48.2 Å². The Balaban J connectivity index is 1.35. The Hall–Kier alpha value is -2.69. The van der Waals surface area contributed by atoms with E-state index in [1.165, 1.54) is 12.1 Å². The maximum atomic E-state index is 13.1. The van der Waals surface area contributed by atoms with Gasteiger partial charge in [-0.25, -0.2) is 9.37 Å². The summed E-state index contributed by atoms with van der Waals surface area (Å²) in [5, 5.41) is 3.06. The molecule has 0 unspecified atom stereocenters. The zero-order valence-corrected chi connectivity index (χ0v) is 14.8. The summed E-state index contributed by atoms with van der Waals surface area (Å²) in [4.78, 5) is 17.2. The topological polar surface area (TPSA) is 46.9 Å². The van der Waals surface area contributed by atoms with E-state index in [1.807, 2.05) is 25.1 Å². The SMILES string of the molecule is Cc1nc2ccccc2n1CCCNC(=O)C1(c2ccc(F)cc2)CC1. The summed E-state index contributed by atoms with van der Waals surface area (Å²) in [5.41, 5.74) is 2.59. The number of benzene rings is 2. The molecule has 1 fully saturated rings. The van der Waals surface area contributed by atoms with Gasteiger partial charge >= 0.3 is 0 Å². The number of nitrogens with zero attached hydrogens (tertiary/aromatic N) is 2. The zero-order chi connectivity index (χ0) is 18.1. The molecule has 3 aromatic rings. The van der Waals surface area contributed by atoms with Crippen molar-refractivity contribution in [3.63, 3.8) is 0 Å². The molecule has 1 saturated carbocycles. The van der Waals surface area contributed by atoms with Gasteiger partial charge in [-0.15, -0.1) is 0 Å². The van der Waals surface area contributed by atoms with Crippen molar-refractivity contribution in [2.45, 2.75) is 38.1 Å². The number of halogens is 1. The first-order valence-corrected chi connectivity index (χ1v) is 9.06. The van der Waals surface area contributed by atoms with E-state index in [1.54, 1.807) is 12.1 Å². The van der Waals surface area contributed by atoms with Gasteiger partial charge in [-0.2, -0.15) is 0 Å². The number of aromatic nitrogens is 2. The van der Waals surface area contributed by atoms with Crippen LogP contribution in [0.3, 0.4) is 0 Å². The monoisotopic (exact) mass is 351 g/mol. The predicted octanol–water partition coefficient (Wildman–Crippen LogP) is 3.72. The highest BCUT2D eigenvalue weighted by molar-refractivity contribution is 5.91. The van der Waals surface area contributed by atoms with Gasteiger partial charge in [0.2, 0.25) is 5.91 Å². The molecule has 1 heterocycles. The Labute approximate surface area is 152 Å². The average Bonchev–Trinajstić information content (AvgIpc) is 3.39. The molecule has 1 aliphatic carbocycles. The van der Waals surface area contributed by atoms with Crippen molar-refractivity contribution < 1.29 is 9.18 Å². The molecule has 26 heavy (non-hydrogen) atoms. The molecule has 1 amide bonds. The van der Waals surface area contributed by atoms with Gasteiger partial charge in [0.05, 0.1) is 16.4 Å². The van der Waals surface area contributed by atoms with Crippen LogP contribution in [0.4, 0.5) is 4.39 Å². The molecule has 0 radical (unpaired) electrons. The highest BCUT2D eigenvalue weighted by Gasteiger charge is 2.50. The molecule has 2 aromatic carbocycles. The molecule has 134 valence electrons. The van der Waals surface area contributed by atoms with Gasteiger partial charge in [-0.3, -0.25) is 4.79 Å². The summed E-state index contributed by atoms with van der Waals surface area (Å²) >= 11 is 0. The number of aryl methyl sites for hydroxylation is 2. The van der Waals surface area contributed by atoms with Crippen LogP contribution in [0.25, 0.3) is 11.0 Å². The highest BCUT2D eigenvalue weighted by atomic mass is 19.1. The fourth-order valence-corrected chi connectivity index (χ4v) is 3.63. The largest absolute Gasteiger partial charge is 0.355 e. The Morgan fingerprint density at radius 2 is 1.92 bits per heavy atom. The summed E-state index contributed by atoms with van der Waals surface area (Å²) in [7, 11) is 0. The lowest BCUT2D eigenvalue weighted by atomic mass is 9.95. The van der Waals surface area contributed by atoms with Crippen LogP contribution in [0.5, 0.6) is 0 Å². The molecule has 5 heteroatoms. The van der Waals surface area contributed by atoms with Crippen LogP contribution in [0.2, 0.25) is 0 Å². The van der Waals surface area contributed by atoms with Gasteiger partial charge in [0.1, 0.15) is 11.6 Å². The van der Waals surface area contributed by atoms with Crippen molar-refractivity contribution in [3.8, 4) is 0 Å². The lowest BCUT2D eigenvalue weighted by molar-refractivity contribution is -0.123. The predicted molar refractivity (Wildman–Crippen MR) is 99.4 cm³/mol. The van der Waals surface area contributed by atoms with Gasteiger partial charge in [-0.05, 0) is 56.0 Å². The number of carbonyl (C=O) groups is 1. The first-order valence-electron chi connectivity index (χ1n) is 9.06. The van der Waals surface area contributed by atoms with E-state index in [4.69, 9.17) is 0 Å². The van der Waals surface area contributed by atoms with E-state index < -0.39 is 5.41 Å². The number of nitrogens with one attached hydrogen (secondary N) is 1. The maximum absolute atomic E-state index is 13.1. The van der Waals surface area contributed by atoms with E-state index in [0.29, 0.717) is 6.54 Å². The number of hydrogen-bond donors (Lipinski definition) is 1. The van der Waals surface area contributed by atoms with E-state index in [2.05, 4.69) is 20.9 Å². The minimum atomic E-state index is -0.453. The molecular weight excluding hydrogens is 329 g/mol. The molecular formula is C21H22FN3O. The standard InChI is InChI=1S/C21H22FN3O/c1-15-24-18-5-2-3-6-19(18)25(15)14-4-13-23-20(26)21(11-12-21)16-7-9-17(22)10-8-16/h2-3,5-10H,4,11-14H2,1H3,(H,23,26). The van der Waals surface area contributed by atoms with Crippen molar-refractivity contribution in [2.75, 3.05) is 6.54 Å². The van der Waals surface area contributed by atoms with Gasteiger partial charge < -0.3 is 9.88 Å². The number of fused-ring (bicyclic) bond motifs is 1. The summed E-state index contributed by atoms with van der Waals surface area (Å²) in [5.74, 6) is 0.770. The van der Waals surface area contributed by atoms with E-state index in [9.17, 15) is 9.18 Å². The number of carbonyl (C=O) groups excluding carboxylic acids is 1. The second kappa shape index (κ2) is 6.56. The molecule has 0 atom stereocenters. The van der Waals surface area contributed by atoms with Gasteiger partial charge in [0.25, 0.3) is 0 Å². The molecule has 4 rings (SSSR count). The number of hydrogen-bond acceptors (Lipinski definition) is 2. The van der Waals surface area contributed by atoms with E-state index >= 15 is 0 Å². The van der Waals surface area contributed by atoms with E-state index in [-0.39, 0.29) is 11.7 Å². The molecule has 0 aliphatic heterocycles. The number of para-hydroxylation sites is 2. The number of amides is 1. The Morgan fingerprint density at radius 3 is 2.65 bits per heavy atom. The fourth-order valence-electron chi connectivity index (χ4n) is 3.63. The minimum absolute atomic E-state index is 0.0521. The maximum Gasteiger partial charge on any atom is 0.230 e. The second-order valence-corrected chi connectivity index (χ2v) is 7.00. The van der Waals surface area contributed by atoms with Crippen LogP contribution in [0.1, 0.15) is 30.7 Å². The molecule has 1 aromatic heterocycles. The third kappa shape index (κ3) is 2.98. The Morgan fingerprint density at radius 1 is 1.19 bits per heavy atom. The van der Waals surface area contributed by atoms with Crippen LogP contribution in [0.15, 0.2) is 48.5 Å². The number of imidazole rings is 1. The van der Waals surface area contributed by atoms with Crippen LogP contribution in [-0.2, 0) is 16.8 Å². The smallest absolute Gasteiger partial charge is 0.230 e. The van der Waals surface area contributed by atoms with Gasteiger partial charge in [0, 0.05) is 13.1 Å². The number of rotatable bonds is 6. The Bertz CT molecular complexity index is 942. The second-order valence-electron chi connectivity index (χ2n) is 7.00. The lowest BCUT2D eigenvalue weighted by Gasteiger charge is -2.16. The quantitative estimate of drug-likeness (QED) is 0.688. The van der Waals surface area contributed by atoms with Crippen LogP contribution in [0, 0.1) is 12.7 Å². The molecule has 1 aliphatic rings. The Kier molecular flexibility index (Phi) is 4.23. The molecule has 0 saturated heterocycles. The minimum Gasteiger partial charge on any atom is -0.355 e. The summed E-state index contributed by atoms with van der Waals surface area (Å²) in [6.45, 7) is 3.44. The van der Waals surface area contributed by atoms with Crippen LogP contribution in [-0.4, -0.2) is 22.0 Å². The third-order valence-electron chi connectivity index (χ3n) is 5.27. The normalized spacial score (nSPS) is 15.2. The lowest BCUT2D eigenvalue weighted by Crippen LogP contribution is -2.35. The summed E-state index contributed by atoms with van der Waals surface area (Å²) in [6, 6.07) is 14.4. The molecule has 1 N–H and O–H groups in total. The van der Waals surface area contributed by atoms with Crippen molar-refractivity contribution in [3.05, 3.63) is 65.7 Å².